The molecule has 0 saturated carbocycles. The van der Waals surface area contributed by atoms with E-state index in [4.69, 9.17) is 4.43 Å². The van der Waals surface area contributed by atoms with E-state index in [2.05, 4.69) is 47.7 Å². The lowest BCUT2D eigenvalue weighted by molar-refractivity contribution is -0.117. The highest BCUT2D eigenvalue weighted by Crippen LogP contribution is 2.37. The molecule has 0 N–H and O–H groups in total. The molecule has 0 aliphatic rings. The van der Waals surface area contributed by atoms with Crippen LogP contribution in [0.15, 0.2) is 0 Å². The number of carbonyl (C=O) groups excluding carboxylic acids is 1. The van der Waals surface area contributed by atoms with Crippen LogP contribution in [0, 0.1) is 11.8 Å². The molecule has 2 nitrogen and oxygen atoms in total. The van der Waals surface area contributed by atoms with Gasteiger partial charge >= 0.3 is 0 Å². The normalized spacial score (nSPS) is 14.8. The van der Waals surface area contributed by atoms with E-state index in [0.717, 1.165) is 19.4 Å². The first-order valence-electron chi connectivity index (χ1n) is 7.61. The summed E-state index contributed by atoms with van der Waals surface area (Å²) in [7, 11) is -1.62. The second kappa shape index (κ2) is 7.58. The van der Waals surface area contributed by atoms with E-state index in [1.807, 2.05) is 0 Å². The Balaban J connectivity index is 4.23. The van der Waals surface area contributed by atoms with Crippen molar-refractivity contribution in [2.24, 2.45) is 11.8 Å². The van der Waals surface area contributed by atoms with Gasteiger partial charge in [0.25, 0.3) is 0 Å². The first kappa shape index (κ1) is 18.8. The number of hydrogen-bond acceptors (Lipinski definition) is 2. The van der Waals surface area contributed by atoms with Gasteiger partial charge in [0.05, 0.1) is 0 Å². The first-order valence-corrected chi connectivity index (χ1v) is 10.5. The second-order valence-corrected chi connectivity index (χ2v) is 12.5. The minimum atomic E-state index is -1.62. The SMILES string of the molecule is CC(=O)CCC(CCO[Si](C)(C)C(C)(C)C)C(C)C. The first-order chi connectivity index (χ1) is 8.47. The van der Waals surface area contributed by atoms with E-state index >= 15 is 0 Å². The van der Waals surface area contributed by atoms with Crippen molar-refractivity contribution >= 4 is 14.1 Å². The maximum Gasteiger partial charge on any atom is 0.191 e. The molecule has 19 heavy (non-hydrogen) atoms. The molecule has 0 radical (unpaired) electrons. The zero-order valence-electron chi connectivity index (χ0n) is 14.3. The highest BCUT2D eigenvalue weighted by molar-refractivity contribution is 6.74. The van der Waals surface area contributed by atoms with E-state index < -0.39 is 8.32 Å². The molecular formula is C16H34O2Si. The van der Waals surface area contributed by atoms with Gasteiger partial charge in [-0.2, -0.15) is 0 Å². The highest BCUT2D eigenvalue weighted by Gasteiger charge is 2.37. The summed E-state index contributed by atoms with van der Waals surface area (Å²) in [4.78, 5) is 11.1. The predicted molar refractivity (Wildman–Crippen MR) is 86.0 cm³/mol. The summed E-state index contributed by atoms with van der Waals surface area (Å²) < 4.78 is 6.24. The number of ketones is 1. The second-order valence-electron chi connectivity index (χ2n) is 7.64. The summed E-state index contributed by atoms with van der Waals surface area (Å²) in [6, 6.07) is 0. The van der Waals surface area contributed by atoms with Gasteiger partial charge in [-0.15, -0.1) is 0 Å². The zero-order chi connectivity index (χ0) is 15.3. The van der Waals surface area contributed by atoms with Crippen LogP contribution in [-0.4, -0.2) is 20.7 Å². The lowest BCUT2D eigenvalue weighted by atomic mass is 9.88. The molecule has 0 aliphatic heterocycles. The lowest BCUT2D eigenvalue weighted by Gasteiger charge is -2.36. The smallest absolute Gasteiger partial charge is 0.191 e. The van der Waals surface area contributed by atoms with Crippen LogP contribution >= 0.6 is 0 Å². The molecule has 3 heteroatoms. The van der Waals surface area contributed by atoms with Gasteiger partial charge in [0, 0.05) is 13.0 Å². The van der Waals surface area contributed by atoms with Gasteiger partial charge in [-0.05, 0) is 49.7 Å². The van der Waals surface area contributed by atoms with Crippen molar-refractivity contribution in [2.75, 3.05) is 6.61 Å². The summed E-state index contributed by atoms with van der Waals surface area (Å²) in [6.07, 6.45) is 2.80. The van der Waals surface area contributed by atoms with Gasteiger partial charge < -0.3 is 9.22 Å². The molecule has 0 spiro atoms. The van der Waals surface area contributed by atoms with Crippen LogP contribution in [0.25, 0.3) is 0 Å². The molecule has 0 aromatic rings. The average molecular weight is 287 g/mol. The van der Waals surface area contributed by atoms with Gasteiger partial charge in [0.1, 0.15) is 5.78 Å². The molecule has 0 aliphatic carbocycles. The number of rotatable bonds is 8. The standard InChI is InChI=1S/C16H34O2Si/c1-13(2)15(10-9-14(3)17)11-12-18-19(7,8)16(4,5)6/h13,15H,9-12H2,1-8H3. The van der Waals surface area contributed by atoms with E-state index in [1.165, 1.54) is 0 Å². The van der Waals surface area contributed by atoms with Gasteiger partial charge in [0.15, 0.2) is 8.32 Å². The Kier molecular flexibility index (Phi) is 7.52. The van der Waals surface area contributed by atoms with Crippen molar-refractivity contribution in [3.8, 4) is 0 Å². The van der Waals surface area contributed by atoms with Crippen molar-refractivity contribution in [3.63, 3.8) is 0 Å². The van der Waals surface area contributed by atoms with E-state index in [0.29, 0.717) is 24.0 Å². The quantitative estimate of drug-likeness (QED) is 0.584. The molecular weight excluding hydrogens is 252 g/mol. The van der Waals surface area contributed by atoms with Crippen molar-refractivity contribution < 1.29 is 9.22 Å². The van der Waals surface area contributed by atoms with Gasteiger partial charge in [-0.25, -0.2) is 0 Å². The minimum Gasteiger partial charge on any atom is -0.417 e. The number of carbonyl (C=O) groups is 1. The molecule has 0 amide bonds. The maximum atomic E-state index is 11.1. The molecule has 1 atom stereocenters. The van der Waals surface area contributed by atoms with Crippen LogP contribution in [0.5, 0.6) is 0 Å². The predicted octanol–water partition coefficient (Wildman–Crippen LogP) is 5.04. The zero-order valence-corrected chi connectivity index (χ0v) is 15.3. The Morgan fingerprint density at radius 2 is 1.68 bits per heavy atom. The molecule has 0 bridgehead atoms. The van der Waals surface area contributed by atoms with Crippen LogP contribution in [0.2, 0.25) is 18.1 Å². The topological polar surface area (TPSA) is 26.3 Å². The van der Waals surface area contributed by atoms with E-state index in [1.54, 1.807) is 6.92 Å². The summed E-state index contributed by atoms with van der Waals surface area (Å²) in [5.41, 5.74) is 0. The monoisotopic (exact) mass is 286 g/mol. The van der Waals surface area contributed by atoms with Crippen molar-refractivity contribution in [1.29, 1.82) is 0 Å². The van der Waals surface area contributed by atoms with Gasteiger partial charge in [-0.1, -0.05) is 34.6 Å². The third-order valence-corrected chi connectivity index (χ3v) is 9.11. The fourth-order valence-corrected chi connectivity index (χ4v) is 2.94. The van der Waals surface area contributed by atoms with Crippen molar-refractivity contribution in [1.82, 2.24) is 0 Å². The van der Waals surface area contributed by atoms with Crippen LogP contribution in [0.3, 0.4) is 0 Å². The van der Waals surface area contributed by atoms with E-state index in [-0.39, 0.29) is 5.04 Å². The van der Waals surface area contributed by atoms with Crippen LogP contribution in [0.1, 0.15) is 60.8 Å². The number of hydrogen-bond donors (Lipinski definition) is 0. The largest absolute Gasteiger partial charge is 0.417 e. The van der Waals surface area contributed by atoms with Crippen molar-refractivity contribution in [2.45, 2.75) is 78.9 Å². The van der Waals surface area contributed by atoms with Crippen LogP contribution < -0.4 is 0 Å². The van der Waals surface area contributed by atoms with Crippen molar-refractivity contribution in [3.05, 3.63) is 0 Å². The van der Waals surface area contributed by atoms with Crippen LogP contribution in [0.4, 0.5) is 0 Å². The average Bonchev–Trinajstić information content (AvgIpc) is 2.20. The third-order valence-electron chi connectivity index (χ3n) is 4.57. The Labute approximate surface area is 121 Å². The fraction of sp³-hybridized carbons (Fsp3) is 0.938. The molecule has 0 rings (SSSR count). The molecule has 0 fully saturated rings. The Hall–Kier alpha value is -0.153. The summed E-state index contributed by atoms with van der Waals surface area (Å²) in [5.74, 6) is 1.53. The Morgan fingerprint density at radius 1 is 1.16 bits per heavy atom. The fourth-order valence-electron chi connectivity index (χ4n) is 1.88. The Bertz CT molecular complexity index is 277. The molecule has 1 unspecified atom stereocenters. The summed E-state index contributed by atoms with van der Waals surface area (Å²) in [6.45, 7) is 18.4. The Morgan fingerprint density at radius 3 is 2.05 bits per heavy atom. The number of Topliss-reactive ketones (excluding diaryl/α,β-unsaturated/α-hetero) is 1. The molecule has 0 saturated heterocycles. The summed E-state index contributed by atoms with van der Waals surface area (Å²) >= 11 is 0. The maximum absolute atomic E-state index is 11.1. The minimum absolute atomic E-state index is 0.277. The van der Waals surface area contributed by atoms with Gasteiger partial charge in [0.2, 0.25) is 0 Å². The molecule has 0 heterocycles. The molecule has 114 valence electrons. The third kappa shape index (κ3) is 7.26. The summed E-state index contributed by atoms with van der Waals surface area (Å²) in [5, 5.41) is 0.277. The van der Waals surface area contributed by atoms with E-state index in [9.17, 15) is 4.79 Å². The molecule has 0 aromatic carbocycles. The highest BCUT2D eigenvalue weighted by atomic mass is 28.4. The molecule has 0 aromatic heterocycles. The lowest BCUT2D eigenvalue weighted by Crippen LogP contribution is -2.41. The van der Waals surface area contributed by atoms with Crippen LogP contribution in [-0.2, 0) is 9.22 Å². The van der Waals surface area contributed by atoms with Gasteiger partial charge in [-0.3, -0.25) is 0 Å².